The number of ether oxygens (including phenoxy) is 1. The molecule has 14 heavy (non-hydrogen) atoms. The smallest absolute Gasteiger partial charge is 0.312 e. The average molecular weight is 200 g/mol. The van der Waals surface area contributed by atoms with Crippen LogP contribution < -0.4 is 0 Å². The molecule has 0 aromatic carbocycles. The van der Waals surface area contributed by atoms with Crippen LogP contribution in [-0.4, -0.2) is 23.8 Å². The van der Waals surface area contributed by atoms with Gasteiger partial charge in [-0.25, -0.2) is 0 Å². The van der Waals surface area contributed by atoms with Crippen molar-refractivity contribution in [3.8, 4) is 0 Å². The van der Waals surface area contributed by atoms with E-state index >= 15 is 0 Å². The van der Waals surface area contributed by atoms with Gasteiger partial charge in [0.2, 0.25) is 0 Å². The minimum atomic E-state index is -0.684. The normalized spacial score (nSPS) is 32.4. The molecule has 0 amide bonds. The molecule has 1 rings (SSSR count). The third kappa shape index (κ3) is 1.54. The fourth-order valence-corrected chi connectivity index (χ4v) is 2.77. The molecule has 0 aromatic rings. The maximum atomic E-state index is 11.4. The van der Waals surface area contributed by atoms with E-state index in [0.717, 1.165) is 12.8 Å². The summed E-state index contributed by atoms with van der Waals surface area (Å²) >= 11 is 0. The van der Waals surface area contributed by atoms with Crippen molar-refractivity contribution >= 4 is 5.97 Å². The number of carboxylic acids is 1. The lowest BCUT2D eigenvalue weighted by molar-refractivity contribution is -0.156. The Labute approximate surface area is 85.5 Å². The molecule has 82 valence electrons. The molecule has 3 nitrogen and oxygen atoms in total. The first-order valence-corrected chi connectivity index (χ1v) is 5.44. The fraction of sp³-hybridized carbons (Fsp3) is 0.909. The van der Waals surface area contributed by atoms with Crippen LogP contribution in [0.2, 0.25) is 0 Å². The first-order valence-electron chi connectivity index (χ1n) is 5.44. The monoisotopic (exact) mass is 200 g/mol. The molecule has 0 aliphatic carbocycles. The van der Waals surface area contributed by atoms with Gasteiger partial charge < -0.3 is 9.84 Å². The number of hydrogen-bond acceptors (Lipinski definition) is 2. The zero-order valence-electron chi connectivity index (χ0n) is 9.25. The number of aliphatic carboxylic acids is 1. The third-order valence-electron chi connectivity index (χ3n) is 3.72. The molecule has 0 aromatic heterocycles. The van der Waals surface area contributed by atoms with E-state index in [2.05, 4.69) is 13.8 Å². The summed E-state index contributed by atoms with van der Waals surface area (Å²) in [6.07, 6.45) is 2.34. The van der Waals surface area contributed by atoms with E-state index in [0.29, 0.717) is 13.0 Å². The molecule has 0 radical (unpaired) electrons. The van der Waals surface area contributed by atoms with E-state index in [1.165, 1.54) is 0 Å². The molecule has 1 saturated heterocycles. The Morgan fingerprint density at radius 1 is 1.57 bits per heavy atom. The van der Waals surface area contributed by atoms with Gasteiger partial charge >= 0.3 is 5.97 Å². The minimum Gasteiger partial charge on any atom is -0.481 e. The highest BCUT2D eigenvalue weighted by Gasteiger charge is 2.52. The molecule has 1 aliphatic rings. The Hall–Kier alpha value is -0.570. The van der Waals surface area contributed by atoms with Crippen LogP contribution >= 0.6 is 0 Å². The Bertz CT molecular complexity index is 211. The predicted octanol–water partition coefficient (Wildman–Crippen LogP) is 2.30. The van der Waals surface area contributed by atoms with Gasteiger partial charge in [0.25, 0.3) is 0 Å². The molecule has 0 saturated carbocycles. The summed E-state index contributed by atoms with van der Waals surface area (Å²) in [5.41, 5.74) is -0.635. The second-order valence-electron chi connectivity index (χ2n) is 4.12. The van der Waals surface area contributed by atoms with Crippen LogP contribution in [-0.2, 0) is 9.53 Å². The van der Waals surface area contributed by atoms with Crippen LogP contribution in [0.15, 0.2) is 0 Å². The number of hydrogen-bond donors (Lipinski definition) is 1. The first-order chi connectivity index (χ1) is 6.59. The number of carbonyl (C=O) groups is 1. The molecule has 2 atom stereocenters. The summed E-state index contributed by atoms with van der Waals surface area (Å²) < 4.78 is 5.43. The van der Waals surface area contributed by atoms with E-state index in [4.69, 9.17) is 4.74 Å². The Balaban J connectivity index is 2.97. The second kappa shape index (κ2) is 4.30. The third-order valence-corrected chi connectivity index (χ3v) is 3.72. The quantitative estimate of drug-likeness (QED) is 0.757. The van der Waals surface area contributed by atoms with Crippen LogP contribution in [0.1, 0.15) is 40.0 Å². The molecule has 2 unspecified atom stereocenters. The summed E-state index contributed by atoms with van der Waals surface area (Å²) in [4.78, 5) is 11.4. The van der Waals surface area contributed by atoms with Crippen molar-refractivity contribution in [2.24, 2.45) is 11.3 Å². The highest BCUT2D eigenvalue weighted by Crippen LogP contribution is 2.45. The van der Waals surface area contributed by atoms with Crippen molar-refractivity contribution in [1.82, 2.24) is 0 Å². The molecule has 0 bridgehead atoms. The number of carboxylic acid groups (broad SMARTS) is 1. The average Bonchev–Trinajstić information content (AvgIpc) is 2.51. The van der Waals surface area contributed by atoms with Gasteiger partial charge in [-0.15, -0.1) is 0 Å². The summed E-state index contributed by atoms with van der Waals surface area (Å²) in [5.74, 6) is -0.450. The highest BCUT2D eigenvalue weighted by atomic mass is 16.5. The fourth-order valence-electron chi connectivity index (χ4n) is 2.77. The minimum absolute atomic E-state index is 0.148. The van der Waals surface area contributed by atoms with Crippen molar-refractivity contribution in [3.63, 3.8) is 0 Å². The second-order valence-corrected chi connectivity index (χ2v) is 4.12. The molecular formula is C11H20O3. The van der Waals surface area contributed by atoms with Crippen LogP contribution in [0.3, 0.4) is 0 Å². The van der Waals surface area contributed by atoms with Crippen molar-refractivity contribution < 1.29 is 14.6 Å². The zero-order chi connectivity index (χ0) is 10.8. The Kier molecular flexibility index (Phi) is 3.53. The van der Waals surface area contributed by atoms with Crippen LogP contribution in [0.25, 0.3) is 0 Å². The van der Waals surface area contributed by atoms with Gasteiger partial charge in [0.15, 0.2) is 0 Å². The largest absolute Gasteiger partial charge is 0.481 e. The van der Waals surface area contributed by atoms with Crippen molar-refractivity contribution in [3.05, 3.63) is 0 Å². The lowest BCUT2D eigenvalue weighted by Crippen LogP contribution is -2.43. The lowest BCUT2D eigenvalue weighted by atomic mass is 9.68. The summed E-state index contributed by atoms with van der Waals surface area (Å²) in [6, 6.07) is 0. The topological polar surface area (TPSA) is 46.5 Å². The predicted molar refractivity (Wildman–Crippen MR) is 54.2 cm³/mol. The summed E-state index contributed by atoms with van der Waals surface area (Å²) in [6.45, 7) is 6.59. The molecular weight excluding hydrogens is 180 g/mol. The van der Waals surface area contributed by atoms with Crippen molar-refractivity contribution in [2.45, 2.75) is 46.1 Å². The van der Waals surface area contributed by atoms with Gasteiger partial charge in [-0.05, 0) is 19.3 Å². The van der Waals surface area contributed by atoms with E-state index in [1.807, 2.05) is 6.92 Å². The Morgan fingerprint density at radius 2 is 2.14 bits per heavy atom. The summed E-state index contributed by atoms with van der Waals surface area (Å²) in [7, 11) is 0. The SMILES string of the molecule is CCC(CC)C1(C(=O)O)CCOC1C. The molecule has 3 heteroatoms. The van der Waals surface area contributed by atoms with E-state index in [1.54, 1.807) is 0 Å². The molecule has 1 aliphatic heterocycles. The molecule has 1 heterocycles. The summed E-state index contributed by atoms with van der Waals surface area (Å²) in [5, 5.41) is 9.39. The van der Waals surface area contributed by atoms with Crippen molar-refractivity contribution in [1.29, 1.82) is 0 Å². The van der Waals surface area contributed by atoms with E-state index in [-0.39, 0.29) is 12.0 Å². The van der Waals surface area contributed by atoms with Gasteiger partial charge in [-0.2, -0.15) is 0 Å². The maximum Gasteiger partial charge on any atom is 0.312 e. The van der Waals surface area contributed by atoms with Crippen molar-refractivity contribution in [2.75, 3.05) is 6.61 Å². The van der Waals surface area contributed by atoms with E-state index < -0.39 is 11.4 Å². The zero-order valence-corrected chi connectivity index (χ0v) is 9.25. The van der Waals surface area contributed by atoms with E-state index in [9.17, 15) is 9.90 Å². The number of rotatable bonds is 4. The van der Waals surface area contributed by atoms with Crippen LogP contribution in [0, 0.1) is 11.3 Å². The molecule has 1 fully saturated rings. The van der Waals surface area contributed by atoms with Gasteiger partial charge in [-0.3, -0.25) is 4.79 Å². The Morgan fingerprint density at radius 3 is 2.43 bits per heavy atom. The molecule has 1 N–H and O–H groups in total. The highest BCUT2D eigenvalue weighted by molar-refractivity contribution is 5.76. The maximum absolute atomic E-state index is 11.4. The standard InChI is InChI=1S/C11H20O3/c1-4-9(5-2)11(10(12)13)6-7-14-8(11)3/h8-9H,4-7H2,1-3H3,(H,12,13). The lowest BCUT2D eigenvalue weighted by Gasteiger charge is -2.34. The van der Waals surface area contributed by atoms with Gasteiger partial charge in [0.05, 0.1) is 11.5 Å². The van der Waals surface area contributed by atoms with Crippen LogP contribution in [0.4, 0.5) is 0 Å². The first kappa shape index (κ1) is 11.5. The molecule has 0 spiro atoms. The van der Waals surface area contributed by atoms with Gasteiger partial charge in [0.1, 0.15) is 0 Å². The van der Waals surface area contributed by atoms with Gasteiger partial charge in [0, 0.05) is 6.61 Å². The van der Waals surface area contributed by atoms with Crippen LogP contribution in [0.5, 0.6) is 0 Å². The van der Waals surface area contributed by atoms with Gasteiger partial charge in [-0.1, -0.05) is 26.7 Å².